The van der Waals surface area contributed by atoms with E-state index < -0.39 is 0 Å². The van der Waals surface area contributed by atoms with Gasteiger partial charge in [-0.15, -0.1) is 0 Å². The van der Waals surface area contributed by atoms with E-state index in [-0.39, 0.29) is 11.9 Å². The van der Waals surface area contributed by atoms with E-state index in [9.17, 15) is 4.79 Å². The standard InChI is InChI=1S/C22H28N2O2/c1-16-7-4-5-8-20(16)17(2)23-22(25)15-24-14-6-9-21(24)18-10-12-19(26-3)13-11-18/h4-5,7-8,10-13,17,21H,6,9,14-15H2,1-3H3,(H,23,25). The predicted octanol–water partition coefficient (Wildman–Crippen LogP) is 4.02. The molecule has 4 nitrogen and oxygen atoms in total. The topological polar surface area (TPSA) is 41.6 Å². The average molecular weight is 352 g/mol. The summed E-state index contributed by atoms with van der Waals surface area (Å²) in [4.78, 5) is 14.9. The molecule has 1 saturated heterocycles. The summed E-state index contributed by atoms with van der Waals surface area (Å²) in [7, 11) is 1.68. The normalized spacial score (nSPS) is 18.5. The van der Waals surface area contributed by atoms with Gasteiger partial charge < -0.3 is 10.1 Å². The average Bonchev–Trinajstić information content (AvgIpc) is 3.10. The van der Waals surface area contributed by atoms with Crippen molar-refractivity contribution in [1.29, 1.82) is 0 Å². The van der Waals surface area contributed by atoms with Crippen LogP contribution in [0.1, 0.15) is 48.5 Å². The van der Waals surface area contributed by atoms with Crippen LogP contribution in [-0.4, -0.2) is 31.0 Å². The van der Waals surface area contributed by atoms with Gasteiger partial charge in [-0.1, -0.05) is 36.4 Å². The number of ether oxygens (including phenoxy) is 1. The highest BCUT2D eigenvalue weighted by molar-refractivity contribution is 5.78. The second-order valence-corrected chi connectivity index (χ2v) is 7.05. The van der Waals surface area contributed by atoms with Gasteiger partial charge in [0.1, 0.15) is 5.75 Å². The fourth-order valence-electron chi connectivity index (χ4n) is 3.84. The molecule has 1 heterocycles. The maximum absolute atomic E-state index is 12.6. The molecule has 1 N–H and O–H groups in total. The van der Waals surface area contributed by atoms with Gasteiger partial charge in [0, 0.05) is 6.04 Å². The van der Waals surface area contributed by atoms with E-state index in [1.165, 1.54) is 16.7 Å². The number of likely N-dealkylation sites (tertiary alicyclic amines) is 1. The predicted molar refractivity (Wildman–Crippen MR) is 104 cm³/mol. The van der Waals surface area contributed by atoms with Gasteiger partial charge in [0.25, 0.3) is 0 Å². The Labute approximate surface area is 156 Å². The second kappa shape index (κ2) is 8.37. The first-order valence-corrected chi connectivity index (χ1v) is 9.31. The lowest BCUT2D eigenvalue weighted by Crippen LogP contribution is -2.38. The lowest BCUT2D eigenvalue weighted by molar-refractivity contribution is -0.123. The molecule has 4 heteroatoms. The first-order valence-electron chi connectivity index (χ1n) is 9.31. The van der Waals surface area contributed by atoms with Crippen LogP contribution in [-0.2, 0) is 4.79 Å². The maximum Gasteiger partial charge on any atom is 0.234 e. The number of hydrogen-bond acceptors (Lipinski definition) is 3. The monoisotopic (exact) mass is 352 g/mol. The number of methoxy groups -OCH3 is 1. The zero-order valence-corrected chi connectivity index (χ0v) is 15.9. The van der Waals surface area contributed by atoms with Gasteiger partial charge in [0.05, 0.1) is 19.7 Å². The molecule has 1 aliphatic heterocycles. The Kier molecular flexibility index (Phi) is 5.94. The van der Waals surface area contributed by atoms with Gasteiger partial charge in [0.15, 0.2) is 0 Å². The third-order valence-corrected chi connectivity index (χ3v) is 5.24. The van der Waals surface area contributed by atoms with Crippen LogP contribution in [0, 0.1) is 6.92 Å². The van der Waals surface area contributed by atoms with Crippen LogP contribution in [0.4, 0.5) is 0 Å². The zero-order chi connectivity index (χ0) is 18.5. The molecule has 0 spiro atoms. The van der Waals surface area contributed by atoms with E-state index in [4.69, 9.17) is 4.74 Å². The summed E-state index contributed by atoms with van der Waals surface area (Å²) in [6.45, 7) is 5.53. The van der Waals surface area contributed by atoms with Crippen molar-refractivity contribution in [2.45, 2.75) is 38.8 Å². The third kappa shape index (κ3) is 4.25. The molecular weight excluding hydrogens is 324 g/mol. The summed E-state index contributed by atoms with van der Waals surface area (Å²) in [5.41, 5.74) is 3.63. The summed E-state index contributed by atoms with van der Waals surface area (Å²) >= 11 is 0. The Morgan fingerprint density at radius 3 is 2.65 bits per heavy atom. The minimum atomic E-state index is 0.0192. The first-order chi connectivity index (χ1) is 12.6. The number of hydrogen-bond donors (Lipinski definition) is 1. The van der Waals surface area contributed by atoms with E-state index in [2.05, 4.69) is 41.4 Å². The highest BCUT2D eigenvalue weighted by Gasteiger charge is 2.28. The van der Waals surface area contributed by atoms with Gasteiger partial charge in [0.2, 0.25) is 5.91 Å². The molecule has 1 amide bonds. The number of benzene rings is 2. The summed E-state index contributed by atoms with van der Waals surface area (Å²) < 4.78 is 5.24. The number of carbonyl (C=O) groups is 1. The summed E-state index contributed by atoms with van der Waals surface area (Å²) in [6.07, 6.45) is 2.21. The first kappa shape index (κ1) is 18.5. The molecule has 0 radical (unpaired) electrons. The Morgan fingerprint density at radius 1 is 1.23 bits per heavy atom. The number of rotatable bonds is 6. The van der Waals surface area contributed by atoms with E-state index in [1.807, 2.05) is 31.2 Å². The number of nitrogens with zero attached hydrogens (tertiary/aromatic N) is 1. The fraction of sp³-hybridized carbons (Fsp3) is 0.409. The number of carbonyl (C=O) groups excluding carboxylic acids is 1. The van der Waals surface area contributed by atoms with Crippen LogP contribution in [0.2, 0.25) is 0 Å². The molecule has 2 atom stereocenters. The molecule has 138 valence electrons. The van der Waals surface area contributed by atoms with Gasteiger partial charge >= 0.3 is 0 Å². The molecule has 0 saturated carbocycles. The Bertz CT molecular complexity index is 742. The van der Waals surface area contributed by atoms with Crippen molar-refractivity contribution in [2.75, 3.05) is 20.2 Å². The lowest BCUT2D eigenvalue weighted by Gasteiger charge is -2.25. The highest BCUT2D eigenvalue weighted by atomic mass is 16.5. The van der Waals surface area contributed by atoms with Crippen LogP contribution >= 0.6 is 0 Å². The number of nitrogens with one attached hydrogen (secondary N) is 1. The summed E-state index contributed by atoms with van der Waals surface area (Å²) in [5.74, 6) is 0.948. The van der Waals surface area contributed by atoms with E-state index in [0.717, 1.165) is 25.1 Å². The molecule has 1 fully saturated rings. The molecule has 1 aliphatic rings. The molecule has 26 heavy (non-hydrogen) atoms. The van der Waals surface area contributed by atoms with Crippen molar-refractivity contribution in [2.24, 2.45) is 0 Å². The zero-order valence-electron chi connectivity index (χ0n) is 15.9. The quantitative estimate of drug-likeness (QED) is 0.854. The second-order valence-electron chi connectivity index (χ2n) is 7.05. The van der Waals surface area contributed by atoms with Crippen molar-refractivity contribution >= 4 is 5.91 Å². The van der Waals surface area contributed by atoms with E-state index in [0.29, 0.717) is 12.6 Å². The Morgan fingerprint density at radius 2 is 1.96 bits per heavy atom. The van der Waals surface area contributed by atoms with Crippen LogP contribution in [0.15, 0.2) is 48.5 Å². The van der Waals surface area contributed by atoms with Crippen molar-refractivity contribution < 1.29 is 9.53 Å². The number of aryl methyl sites for hydroxylation is 1. The fourth-order valence-corrected chi connectivity index (χ4v) is 3.84. The van der Waals surface area contributed by atoms with Crippen LogP contribution in [0.25, 0.3) is 0 Å². The van der Waals surface area contributed by atoms with Crippen LogP contribution in [0.3, 0.4) is 0 Å². The molecule has 2 aromatic rings. The Hall–Kier alpha value is -2.33. The SMILES string of the molecule is COc1ccc(C2CCCN2CC(=O)NC(C)c2ccccc2C)cc1. The molecule has 2 aromatic carbocycles. The molecule has 2 unspecified atom stereocenters. The van der Waals surface area contributed by atoms with Crippen molar-refractivity contribution in [1.82, 2.24) is 10.2 Å². The van der Waals surface area contributed by atoms with Crippen LogP contribution in [0.5, 0.6) is 5.75 Å². The molecule has 0 bridgehead atoms. The van der Waals surface area contributed by atoms with Crippen LogP contribution < -0.4 is 10.1 Å². The highest BCUT2D eigenvalue weighted by Crippen LogP contribution is 2.32. The smallest absolute Gasteiger partial charge is 0.234 e. The summed E-state index contributed by atoms with van der Waals surface area (Å²) in [6, 6.07) is 16.7. The van der Waals surface area contributed by atoms with Gasteiger partial charge in [-0.3, -0.25) is 9.69 Å². The number of amides is 1. The van der Waals surface area contributed by atoms with Crippen molar-refractivity contribution in [3.8, 4) is 5.75 Å². The molecule has 3 rings (SSSR count). The van der Waals surface area contributed by atoms with Gasteiger partial charge in [-0.25, -0.2) is 0 Å². The third-order valence-electron chi connectivity index (χ3n) is 5.24. The maximum atomic E-state index is 12.6. The van der Waals surface area contributed by atoms with Gasteiger partial charge in [-0.05, 0) is 62.1 Å². The van der Waals surface area contributed by atoms with E-state index >= 15 is 0 Å². The van der Waals surface area contributed by atoms with E-state index in [1.54, 1.807) is 7.11 Å². The molecule has 0 aromatic heterocycles. The minimum Gasteiger partial charge on any atom is -0.497 e. The minimum absolute atomic E-state index is 0.0192. The molecular formula is C22H28N2O2. The van der Waals surface area contributed by atoms with Gasteiger partial charge in [-0.2, -0.15) is 0 Å². The lowest BCUT2D eigenvalue weighted by atomic mass is 10.0. The summed E-state index contributed by atoms with van der Waals surface area (Å²) in [5, 5.41) is 3.15. The van der Waals surface area contributed by atoms with Crippen molar-refractivity contribution in [3.05, 3.63) is 65.2 Å². The Balaban J connectivity index is 1.61. The molecule has 0 aliphatic carbocycles. The van der Waals surface area contributed by atoms with Crippen molar-refractivity contribution in [3.63, 3.8) is 0 Å². The largest absolute Gasteiger partial charge is 0.497 e.